The van der Waals surface area contributed by atoms with Gasteiger partial charge < -0.3 is 0 Å². The van der Waals surface area contributed by atoms with Crippen LogP contribution in [-0.4, -0.2) is 0 Å². The molecule has 2 aromatic rings. The lowest BCUT2D eigenvalue weighted by molar-refractivity contribution is 0.863. The summed E-state index contributed by atoms with van der Waals surface area (Å²) in [5, 5.41) is 0. The maximum absolute atomic E-state index is 2.33. The van der Waals surface area contributed by atoms with E-state index in [9.17, 15) is 0 Å². The third kappa shape index (κ3) is 3.73. The molecule has 0 amide bonds. The Morgan fingerprint density at radius 2 is 1.72 bits per heavy atom. The molecule has 0 nitrogen and oxygen atoms in total. The Morgan fingerprint density at radius 1 is 0.944 bits per heavy atom. The van der Waals surface area contributed by atoms with Crippen molar-refractivity contribution in [1.82, 2.24) is 0 Å². The third-order valence-corrected chi connectivity index (χ3v) is 3.23. The second-order valence-corrected chi connectivity index (χ2v) is 5.05. The number of hydrogen-bond donors (Lipinski definition) is 0. The molecule has 0 unspecified atom stereocenters. The number of rotatable bonds is 5. The van der Waals surface area contributed by atoms with Crippen LogP contribution in [0.3, 0.4) is 0 Å². The summed E-state index contributed by atoms with van der Waals surface area (Å²) in [4.78, 5) is 0. The molecule has 0 aliphatic carbocycles. The summed E-state index contributed by atoms with van der Waals surface area (Å²) in [6.45, 7) is 4.48. The molecule has 0 saturated heterocycles. The maximum Gasteiger partial charge on any atom is -0.00897 e. The average Bonchev–Trinajstić information content (AvgIpc) is 2.40. The fourth-order valence-corrected chi connectivity index (χ4v) is 2.10. The van der Waals surface area contributed by atoms with Crippen molar-refractivity contribution in [1.29, 1.82) is 0 Å². The van der Waals surface area contributed by atoms with Crippen molar-refractivity contribution in [3.05, 3.63) is 77.7 Å². The van der Waals surface area contributed by atoms with Crippen LogP contribution in [0.5, 0.6) is 0 Å². The molecule has 0 aromatic heterocycles. The fraction of sp³-hybridized carbons (Fsp3) is 0.278. The van der Waals surface area contributed by atoms with Gasteiger partial charge in [-0.1, -0.05) is 68.4 Å². The van der Waals surface area contributed by atoms with Crippen molar-refractivity contribution >= 4 is 0 Å². The normalized spacial score (nSPS) is 10.8. The molecule has 18 heavy (non-hydrogen) atoms. The Balaban J connectivity index is 1.89. The summed E-state index contributed by atoms with van der Waals surface area (Å²) < 4.78 is 0. The second kappa shape index (κ2) is 6.39. The number of hydrogen-bond acceptors (Lipinski definition) is 0. The van der Waals surface area contributed by atoms with E-state index >= 15 is 0 Å². The summed E-state index contributed by atoms with van der Waals surface area (Å²) in [5.74, 6) is 0.604. The van der Waals surface area contributed by atoms with Crippen LogP contribution < -0.4 is 0 Å². The van der Waals surface area contributed by atoms with Crippen molar-refractivity contribution in [2.24, 2.45) is 0 Å². The van der Waals surface area contributed by atoms with Gasteiger partial charge in [0.25, 0.3) is 0 Å². The van der Waals surface area contributed by atoms with E-state index in [-0.39, 0.29) is 0 Å². The molecule has 0 fully saturated rings. The molecule has 0 heteroatoms. The van der Waals surface area contributed by atoms with Crippen molar-refractivity contribution in [3.8, 4) is 0 Å². The van der Waals surface area contributed by atoms with Crippen molar-refractivity contribution in [3.63, 3.8) is 0 Å². The molecule has 0 aliphatic rings. The Labute approximate surface area is 111 Å². The van der Waals surface area contributed by atoms with Gasteiger partial charge in [-0.15, -0.1) is 0 Å². The van der Waals surface area contributed by atoms with E-state index in [2.05, 4.69) is 74.9 Å². The first-order valence-corrected chi connectivity index (χ1v) is 6.73. The molecule has 2 aromatic carbocycles. The highest BCUT2D eigenvalue weighted by molar-refractivity contribution is 5.30. The first-order valence-electron chi connectivity index (χ1n) is 6.73. The van der Waals surface area contributed by atoms with Crippen LogP contribution in [0.4, 0.5) is 0 Å². The minimum Gasteiger partial charge on any atom is -0.0622 e. The van der Waals surface area contributed by atoms with Gasteiger partial charge in [-0.25, -0.2) is 0 Å². The first-order chi connectivity index (χ1) is 8.75. The molecular formula is C18H21. The maximum atomic E-state index is 2.33. The second-order valence-electron chi connectivity index (χ2n) is 5.05. The van der Waals surface area contributed by atoms with Crippen LogP contribution in [0.25, 0.3) is 0 Å². The smallest absolute Gasteiger partial charge is 0.00897 e. The van der Waals surface area contributed by atoms with E-state index in [1.54, 1.807) is 0 Å². The van der Waals surface area contributed by atoms with Crippen LogP contribution in [0.1, 0.15) is 42.9 Å². The predicted octanol–water partition coefficient (Wildman–Crippen LogP) is 5.00. The summed E-state index contributed by atoms with van der Waals surface area (Å²) in [7, 11) is 0. The molecule has 0 bridgehead atoms. The summed E-state index contributed by atoms with van der Waals surface area (Å²) in [6.07, 6.45) is 4.55. The minimum atomic E-state index is 0.604. The molecule has 0 N–H and O–H groups in total. The number of benzene rings is 2. The van der Waals surface area contributed by atoms with E-state index in [0.717, 1.165) is 12.8 Å². The molecule has 0 saturated carbocycles. The number of aryl methyl sites for hydroxylation is 1. The topological polar surface area (TPSA) is 0 Å². The Hall–Kier alpha value is -1.56. The van der Waals surface area contributed by atoms with Gasteiger partial charge in [0.05, 0.1) is 0 Å². The average molecular weight is 237 g/mol. The highest BCUT2D eigenvalue weighted by Gasteiger charge is 2.00. The van der Waals surface area contributed by atoms with E-state index in [0.29, 0.717) is 5.92 Å². The van der Waals surface area contributed by atoms with Crippen LogP contribution in [0, 0.1) is 6.42 Å². The highest BCUT2D eigenvalue weighted by Crippen LogP contribution is 2.18. The van der Waals surface area contributed by atoms with E-state index < -0.39 is 0 Å². The van der Waals surface area contributed by atoms with Crippen LogP contribution in [0.2, 0.25) is 0 Å². The van der Waals surface area contributed by atoms with Crippen LogP contribution >= 0.6 is 0 Å². The Kier molecular flexibility index (Phi) is 4.58. The summed E-state index contributed by atoms with van der Waals surface area (Å²) >= 11 is 0. The molecule has 0 aliphatic heterocycles. The van der Waals surface area contributed by atoms with Gasteiger partial charge in [-0.2, -0.15) is 0 Å². The van der Waals surface area contributed by atoms with Gasteiger partial charge in [0.1, 0.15) is 0 Å². The van der Waals surface area contributed by atoms with Gasteiger partial charge in [0.2, 0.25) is 0 Å². The van der Waals surface area contributed by atoms with Crippen molar-refractivity contribution < 1.29 is 0 Å². The standard InChI is InChI=1S/C18H21/c1-15(2)18-13-7-12-17(14-18)11-6-10-16-8-4-3-5-9-16/h3-5,7-9,11-15H,6,10H2,1-2H3. The SMILES string of the molecule is CC(C)c1cccc([CH]CCc2ccccc2)c1. The Bertz CT molecular complexity index is 468. The Morgan fingerprint density at radius 3 is 2.44 bits per heavy atom. The molecular weight excluding hydrogens is 216 g/mol. The lowest BCUT2D eigenvalue weighted by Gasteiger charge is -2.08. The predicted molar refractivity (Wildman–Crippen MR) is 78.7 cm³/mol. The van der Waals surface area contributed by atoms with Gasteiger partial charge in [-0.05, 0) is 41.9 Å². The van der Waals surface area contributed by atoms with E-state index in [4.69, 9.17) is 0 Å². The fourth-order valence-electron chi connectivity index (χ4n) is 2.10. The summed E-state index contributed by atoms with van der Waals surface area (Å²) in [6, 6.07) is 19.5. The minimum absolute atomic E-state index is 0.604. The zero-order chi connectivity index (χ0) is 12.8. The lowest BCUT2D eigenvalue weighted by atomic mass is 9.98. The molecule has 0 atom stereocenters. The van der Waals surface area contributed by atoms with Gasteiger partial charge >= 0.3 is 0 Å². The largest absolute Gasteiger partial charge is 0.0622 e. The monoisotopic (exact) mass is 237 g/mol. The first kappa shape index (κ1) is 12.9. The van der Waals surface area contributed by atoms with E-state index in [1.165, 1.54) is 16.7 Å². The lowest BCUT2D eigenvalue weighted by Crippen LogP contribution is -1.91. The van der Waals surface area contributed by atoms with Crippen LogP contribution in [0.15, 0.2) is 54.6 Å². The quantitative estimate of drug-likeness (QED) is 0.687. The zero-order valence-electron chi connectivity index (χ0n) is 11.3. The van der Waals surface area contributed by atoms with Gasteiger partial charge in [0, 0.05) is 0 Å². The van der Waals surface area contributed by atoms with Crippen molar-refractivity contribution in [2.45, 2.75) is 32.6 Å². The van der Waals surface area contributed by atoms with Crippen LogP contribution in [-0.2, 0) is 6.42 Å². The zero-order valence-corrected chi connectivity index (χ0v) is 11.3. The molecule has 0 heterocycles. The van der Waals surface area contributed by atoms with E-state index in [1.807, 2.05) is 0 Å². The summed E-state index contributed by atoms with van der Waals surface area (Å²) in [5.41, 5.74) is 4.18. The molecule has 93 valence electrons. The molecule has 2 rings (SSSR count). The highest BCUT2D eigenvalue weighted by atomic mass is 14.1. The third-order valence-electron chi connectivity index (χ3n) is 3.23. The molecule has 0 spiro atoms. The van der Waals surface area contributed by atoms with Gasteiger partial charge in [-0.3, -0.25) is 0 Å². The molecule has 1 radical (unpaired) electrons. The van der Waals surface area contributed by atoms with Crippen molar-refractivity contribution in [2.75, 3.05) is 0 Å². The van der Waals surface area contributed by atoms with Gasteiger partial charge in [0.15, 0.2) is 0 Å².